The Bertz CT molecular complexity index is 900. The first-order valence-electron chi connectivity index (χ1n) is 8.53. The lowest BCUT2D eigenvalue weighted by molar-refractivity contribution is 0.0677. The van der Waals surface area contributed by atoms with E-state index in [0.717, 1.165) is 16.7 Å². The molecule has 0 radical (unpaired) electrons. The number of carbonyl (C=O) groups excluding carboxylic acids is 1. The van der Waals surface area contributed by atoms with Gasteiger partial charge in [0, 0.05) is 23.5 Å². The maximum absolute atomic E-state index is 13.0. The molecule has 2 aromatic rings. The van der Waals surface area contributed by atoms with Gasteiger partial charge in [-0.1, -0.05) is 0 Å². The van der Waals surface area contributed by atoms with Crippen LogP contribution >= 0.6 is 0 Å². The lowest BCUT2D eigenvalue weighted by Crippen LogP contribution is -2.41. The van der Waals surface area contributed by atoms with Crippen molar-refractivity contribution in [2.45, 2.75) is 33.2 Å². The van der Waals surface area contributed by atoms with Crippen molar-refractivity contribution in [3.05, 3.63) is 29.5 Å². The molecule has 7 heteroatoms. The predicted octanol–water partition coefficient (Wildman–Crippen LogP) is 2.79. The molecule has 136 valence electrons. The number of rotatable bonds is 5. The second kappa shape index (κ2) is 6.71. The number of ether oxygens (including phenoxy) is 1. The normalized spacial score (nSPS) is 19.2. The first kappa shape index (κ1) is 17.8. The van der Waals surface area contributed by atoms with Crippen LogP contribution in [0.5, 0.6) is 5.75 Å². The fourth-order valence-corrected chi connectivity index (χ4v) is 5.11. The SMILES string of the molecule is CCOc1ccc2oc(C(=O)N(CC)[C@H]3CCS(=O)(=O)C3)c(C)c2c1. The van der Waals surface area contributed by atoms with Crippen LogP contribution in [-0.4, -0.2) is 49.9 Å². The van der Waals surface area contributed by atoms with Gasteiger partial charge in [0.25, 0.3) is 5.91 Å². The van der Waals surface area contributed by atoms with Crippen molar-refractivity contribution in [1.29, 1.82) is 0 Å². The van der Waals surface area contributed by atoms with Gasteiger partial charge < -0.3 is 14.1 Å². The number of nitrogens with zero attached hydrogens (tertiary/aromatic N) is 1. The zero-order valence-electron chi connectivity index (χ0n) is 14.7. The molecule has 1 atom stereocenters. The summed E-state index contributed by atoms with van der Waals surface area (Å²) in [7, 11) is -3.05. The Hall–Kier alpha value is -2.02. The molecule has 1 fully saturated rings. The number of amides is 1. The molecule has 0 saturated carbocycles. The zero-order valence-corrected chi connectivity index (χ0v) is 15.6. The van der Waals surface area contributed by atoms with Crippen LogP contribution in [0.15, 0.2) is 22.6 Å². The summed E-state index contributed by atoms with van der Waals surface area (Å²) in [5.41, 5.74) is 1.38. The van der Waals surface area contributed by atoms with Crippen LogP contribution in [0.3, 0.4) is 0 Å². The Balaban J connectivity index is 1.94. The molecule has 1 aliphatic rings. The minimum absolute atomic E-state index is 0.0281. The van der Waals surface area contributed by atoms with E-state index in [1.165, 1.54) is 0 Å². The fraction of sp³-hybridized carbons (Fsp3) is 0.500. The average molecular weight is 365 g/mol. The van der Waals surface area contributed by atoms with Crippen molar-refractivity contribution >= 4 is 26.7 Å². The van der Waals surface area contributed by atoms with Crippen LogP contribution < -0.4 is 4.74 Å². The molecule has 1 aromatic heterocycles. The first-order valence-corrected chi connectivity index (χ1v) is 10.4. The van der Waals surface area contributed by atoms with Gasteiger partial charge in [0.2, 0.25) is 0 Å². The van der Waals surface area contributed by atoms with E-state index >= 15 is 0 Å². The van der Waals surface area contributed by atoms with E-state index in [9.17, 15) is 13.2 Å². The van der Waals surface area contributed by atoms with Gasteiger partial charge in [-0.05, 0) is 45.4 Å². The summed E-state index contributed by atoms with van der Waals surface area (Å²) < 4.78 is 34.8. The van der Waals surface area contributed by atoms with E-state index < -0.39 is 9.84 Å². The molecule has 1 amide bonds. The monoisotopic (exact) mass is 365 g/mol. The number of hydrogen-bond acceptors (Lipinski definition) is 5. The lowest BCUT2D eigenvalue weighted by Gasteiger charge is -2.26. The molecule has 1 saturated heterocycles. The Kier molecular flexibility index (Phi) is 4.77. The molecule has 0 unspecified atom stereocenters. The zero-order chi connectivity index (χ0) is 18.2. The van der Waals surface area contributed by atoms with E-state index in [1.54, 1.807) is 11.0 Å². The number of benzene rings is 1. The number of fused-ring (bicyclic) bond motifs is 1. The second-order valence-electron chi connectivity index (χ2n) is 6.30. The Morgan fingerprint density at radius 1 is 1.36 bits per heavy atom. The molecule has 0 bridgehead atoms. The highest BCUT2D eigenvalue weighted by Gasteiger charge is 2.35. The van der Waals surface area contributed by atoms with Gasteiger partial charge in [0.1, 0.15) is 11.3 Å². The molecule has 25 heavy (non-hydrogen) atoms. The van der Waals surface area contributed by atoms with Gasteiger partial charge in [0.15, 0.2) is 15.6 Å². The molecule has 0 spiro atoms. The minimum Gasteiger partial charge on any atom is -0.494 e. The Morgan fingerprint density at radius 3 is 2.72 bits per heavy atom. The van der Waals surface area contributed by atoms with Crippen LogP contribution in [0.2, 0.25) is 0 Å². The number of furan rings is 1. The van der Waals surface area contributed by atoms with Crippen molar-refractivity contribution < 1.29 is 22.4 Å². The third kappa shape index (κ3) is 3.38. The van der Waals surface area contributed by atoms with Crippen molar-refractivity contribution in [3.8, 4) is 5.75 Å². The van der Waals surface area contributed by atoms with Gasteiger partial charge in [-0.3, -0.25) is 4.79 Å². The highest BCUT2D eigenvalue weighted by molar-refractivity contribution is 7.91. The summed E-state index contributed by atoms with van der Waals surface area (Å²) in [4.78, 5) is 14.6. The van der Waals surface area contributed by atoms with Gasteiger partial charge in [-0.2, -0.15) is 0 Å². The molecule has 0 aliphatic carbocycles. The molecular weight excluding hydrogens is 342 g/mol. The van der Waals surface area contributed by atoms with E-state index in [0.29, 0.717) is 25.2 Å². The standard InChI is InChI=1S/C18H23NO5S/c1-4-19(13-8-9-25(21,22)11-13)18(20)17-12(3)15-10-14(23-5-2)6-7-16(15)24-17/h6-7,10,13H,4-5,8-9,11H2,1-3H3/t13-/m0/s1. The molecule has 2 heterocycles. The minimum atomic E-state index is -3.05. The quantitative estimate of drug-likeness (QED) is 0.814. The van der Waals surface area contributed by atoms with Crippen LogP contribution in [0.25, 0.3) is 11.0 Å². The van der Waals surface area contributed by atoms with Crippen LogP contribution in [-0.2, 0) is 9.84 Å². The third-order valence-electron chi connectivity index (χ3n) is 4.66. The molecule has 3 rings (SSSR count). The third-order valence-corrected chi connectivity index (χ3v) is 6.41. The van der Waals surface area contributed by atoms with E-state index in [1.807, 2.05) is 32.9 Å². The number of carbonyl (C=O) groups is 1. The highest BCUT2D eigenvalue weighted by Crippen LogP contribution is 2.30. The summed E-state index contributed by atoms with van der Waals surface area (Å²) in [5.74, 6) is 0.914. The number of sulfone groups is 1. The van der Waals surface area contributed by atoms with E-state index in [4.69, 9.17) is 9.15 Å². The van der Waals surface area contributed by atoms with Gasteiger partial charge in [0.05, 0.1) is 18.1 Å². The lowest BCUT2D eigenvalue weighted by atomic mass is 10.1. The second-order valence-corrected chi connectivity index (χ2v) is 8.52. The number of hydrogen-bond donors (Lipinski definition) is 0. The topological polar surface area (TPSA) is 76.8 Å². The van der Waals surface area contributed by atoms with Gasteiger partial charge in [-0.25, -0.2) is 8.42 Å². The summed E-state index contributed by atoms with van der Waals surface area (Å²) >= 11 is 0. The van der Waals surface area contributed by atoms with Crippen LogP contribution in [0.4, 0.5) is 0 Å². The summed E-state index contributed by atoms with van der Waals surface area (Å²) in [6.07, 6.45) is 0.482. The molecule has 6 nitrogen and oxygen atoms in total. The average Bonchev–Trinajstić information content (AvgIpc) is 3.09. The summed E-state index contributed by atoms with van der Waals surface area (Å²) in [6.45, 7) is 6.62. The van der Waals surface area contributed by atoms with Gasteiger partial charge >= 0.3 is 0 Å². The molecular formula is C18H23NO5S. The summed E-state index contributed by atoms with van der Waals surface area (Å²) in [6, 6.07) is 5.18. The van der Waals surface area contributed by atoms with Crippen LogP contribution in [0.1, 0.15) is 36.4 Å². The number of aryl methyl sites for hydroxylation is 1. The smallest absolute Gasteiger partial charge is 0.290 e. The Morgan fingerprint density at radius 2 is 2.12 bits per heavy atom. The van der Waals surface area contributed by atoms with E-state index in [-0.39, 0.29) is 29.2 Å². The van der Waals surface area contributed by atoms with Gasteiger partial charge in [-0.15, -0.1) is 0 Å². The maximum Gasteiger partial charge on any atom is 0.290 e. The molecule has 1 aromatic carbocycles. The van der Waals surface area contributed by atoms with Crippen LogP contribution in [0, 0.1) is 6.92 Å². The summed E-state index contributed by atoms with van der Waals surface area (Å²) in [5, 5.41) is 0.837. The molecule has 1 aliphatic heterocycles. The van der Waals surface area contributed by atoms with Crippen molar-refractivity contribution in [2.24, 2.45) is 0 Å². The maximum atomic E-state index is 13.0. The van der Waals surface area contributed by atoms with Crippen molar-refractivity contribution in [3.63, 3.8) is 0 Å². The first-order chi connectivity index (χ1) is 11.9. The molecule has 0 N–H and O–H groups in total. The fourth-order valence-electron chi connectivity index (χ4n) is 3.38. The van der Waals surface area contributed by atoms with Crippen molar-refractivity contribution in [2.75, 3.05) is 24.7 Å². The van der Waals surface area contributed by atoms with E-state index in [2.05, 4.69) is 0 Å². The largest absolute Gasteiger partial charge is 0.494 e. The highest BCUT2D eigenvalue weighted by atomic mass is 32.2. The Labute approximate surface area is 147 Å². The van der Waals surface area contributed by atoms with Crippen molar-refractivity contribution in [1.82, 2.24) is 4.90 Å². The predicted molar refractivity (Wildman–Crippen MR) is 95.9 cm³/mol.